The summed E-state index contributed by atoms with van der Waals surface area (Å²) in [6.07, 6.45) is 3.05. The number of hydrogen-bond acceptors (Lipinski definition) is 2. The standard InChI is InChI=1S/C9H13NS/c1-3-8-5-6-10-7-9(8)11-4-2/h3-4,10H,1-2,5-7H2. The molecule has 0 aliphatic carbocycles. The van der Waals surface area contributed by atoms with Gasteiger partial charge in [0.05, 0.1) is 0 Å². The average molecular weight is 167 g/mol. The van der Waals surface area contributed by atoms with E-state index in [1.807, 2.05) is 11.5 Å². The lowest BCUT2D eigenvalue weighted by Crippen LogP contribution is -2.23. The summed E-state index contributed by atoms with van der Waals surface area (Å²) >= 11 is 1.69. The van der Waals surface area contributed by atoms with Gasteiger partial charge in [-0.3, -0.25) is 0 Å². The zero-order valence-electron chi connectivity index (χ0n) is 6.60. The highest BCUT2D eigenvalue weighted by Crippen LogP contribution is 2.24. The molecule has 1 rings (SSSR count). The minimum Gasteiger partial charge on any atom is -0.312 e. The summed E-state index contributed by atoms with van der Waals surface area (Å²) in [4.78, 5) is 1.36. The minimum atomic E-state index is 0.970. The fourth-order valence-electron chi connectivity index (χ4n) is 1.11. The Labute approximate surface area is 72.3 Å². The third kappa shape index (κ3) is 2.24. The fraction of sp³-hybridized carbons (Fsp3) is 0.333. The van der Waals surface area contributed by atoms with Crippen molar-refractivity contribution in [3.8, 4) is 0 Å². The van der Waals surface area contributed by atoms with E-state index in [0.29, 0.717) is 0 Å². The molecule has 0 radical (unpaired) electrons. The van der Waals surface area contributed by atoms with Crippen molar-refractivity contribution in [1.29, 1.82) is 0 Å². The van der Waals surface area contributed by atoms with Crippen LogP contribution in [0.2, 0.25) is 0 Å². The SMILES string of the molecule is C=CSC1=C(C=C)CCNC1. The molecule has 0 unspecified atom stereocenters. The van der Waals surface area contributed by atoms with E-state index in [9.17, 15) is 0 Å². The largest absolute Gasteiger partial charge is 0.312 e. The number of rotatable bonds is 3. The highest BCUT2D eigenvalue weighted by Gasteiger charge is 2.07. The van der Waals surface area contributed by atoms with Crippen LogP contribution in [0.3, 0.4) is 0 Å². The molecule has 0 spiro atoms. The summed E-state index contributed by atoms with van der Waals surface area (Å²) in [5.41, 5.74) is 1.37. The van der Waals surface area contributed by atoms with Crippen molar-refractivity contribution in [1.82, 2.24) is 5.32 Å². The predicted octanol–water partition coefficient (Wildman–Crippen LogP) is 2.30. The summed E-state index contributed by atoms with van der Waals surface area (Å²) in [7, 11) is 0. The Morgan fingerprint density at radius 1 is 1.45 bits per heavy atom. The van der Waals surface area contributed by atoms with Gasteiger partial charge >= 0.3 is 0 Å². The highest BCUT2D eigenvalue weighted by atomic mass is 32.2. The van der Waals surface area contributed by atoms with E-state index in [1.165, 1.54) is 10.5 Å². The lowest BCUT2D eigenvalue weighted by molar-refractivity contribution is 0.707. The number of allylic oxidation sites excluding steroid dienone is 1. The highest BCUT2D eigenvalue weighted by molar-refractivity contribution is 8.05. The van der Waals surface area contributed by atoms with E-state index in [0.717, 1.165) is 19.5 Å². The van der Waals surface area contributed by atoms with Gasteiger partial charge in [0, 0.05) is 11.4 Å². The van der Waals surface area contributed by atoms with Crippen molar-refractivity contribution in [3.63, 3.8) is 0 Å². The lowest BCUT2D eigenvalue weighted by atomic mass is 10.1. The molecule has 11 heavy (non-hydrogen) atoms. The van der Waals surface area contributed by atoms with Crippen LogP contribution in [0.1, 0.15) is 6.42 Å². The van der Waals surface area contributed by atoms with Gasteiger partial charge in [0.1, 0.15) is 0 Å². The zero-order valence-corrected chi connectivity index (χ0v) is 7.41. The molecule has 0 bridgehead atoms. The van der Waals surface area contributed by atoms with Crippen LogP contribution in [0.25, 0.3) is 0 Å². The van der Waals surface area contributed by atoms with Crippen molar-refractivity contribution in [2.24, 2.45) is 0 Å². The lowest BCUT2D eigenvalue weighted by Gasteiger charge is -2.17. The van der Waals surface area contributed by atoms with E-state index in [-0.39, 0.29) is 0 Å². The van der Waals surface area contributed by atoms with Crippen LogP contribution in [-0.2, 0) is 0 Å². The van der Waals surface area contributed by atoms with Crippen LogP contribution in [0.15, 0.2) is 35.1 Å². The summed E-state index contributed by atoms with van der Waals surface area (Å²) in [5, 5.41) is 5.18. The molecule has 0 aromatic rings. The Hall–Kier alpha value is -0.470. The Bertz CT molecular complexity index is 194. The Kier molecular flexibility index (Phi) is 3.46. The Morgan fingerprint density at radius 3 is 2.91 bits per heavy atom. The third-order valence-corrected chi connectivity index (χ3v) is 2.54. The molecule has 0 atom stereocenters. The first kappa shape index (κ1) is 8.62. The summed E-state index contributed by atoms with van der Waals surface area (Å²) in [6.45, 7) is 9.52. The molecule has 1 aliphatic rings. The summed E-state index contributed by atoms with van der Waals surface area (Å²) in [5.74, 6) is 0. The monoisotopic (exact) mass is 167 g/mol. The van der Waals surface area contributed by atoms with Gasteiger partial charge in [-0.05, 0) is 23.9 Å². The number of thioether (sulfide) groups is 1. The van der Waals surface area contributed by atoms with E-state index < -0.39 is 0 Å². The minimum absolute atomic E-state index is 0.970. The summed E-state index contributed by atoms with van der Waals surface area (Å²) < 4.78 is 0. The number of hydrogen-bond donors (Lipinski definition) is 1. The van der Waals surface area contributed by atoms with Gasteiger partial charge in [0.25, 0.3) is 0 Å². The summed E-state index contributed by atoms with van der Waals surface area (Å²) in [6, 6.07) is 0. The molecular formula is C9H13NS. The molecule has 1 heterocycles. The van der Waals surface area contributed by atoms with Crippen molar-refractivity contribution < 1.29 is 0 Å². The fourth-order valence-corrected chi connectivity index (χ4v) is 1.84. The van der Waals surface area contributed by atoms with E-state index in [2.05, 4.69) is 18.5 Å². The van der Waals surface area contributed by atoms with Crippen molar-refractivity contribution in [3.05, 3.63) is 35.1 Å². The molecule has 0 amide bonds. The van der Waals surface area contributed by atoms with Crippen LogP contribution in [0, 0.1) is 0 Å². The first-order chi connectivity index (χ1) is 5.38. The second-order valence-electron chi connectivity index (χ2n) is 2.36. The molecule has 1 N–H and O–H groups in total. The Balaban J connectivity index is 2.72. The molecule has 0 aromatic heterocycles. The van der Waals surface area contributed by atoms with Gasteiger partial charge < -0.3 is 5.32 Å². The van der Waals surface area contributed by atoms with E-state index in [1.54, 1.807) is 11.8 Å². The molecule has 0 aromatic carbocycles. The van der Waals surface area contributed by atoms with Crippen LogP contribution in [0.5, 0.6) is 0 Å². The van der Waals surface area contributed by atoms with Gasteiger partial charge in [-0.2, -0.15) is 0 Å². The molecule has 0 fully saturated rings. The van der Waals surface area contributed by atoms with E-state index in [4.69, 9.17) is 0 Å². The smallest absolute Gasteiger partial charge is 0.0271 e. The molecule has 0 saturated heterocycles. The maximum atomic E-state index is 3.78. The van der Waals surface area contributed by atoms with Gasteiger partial charge in [-0.1, -0.05) is 19.2 Å². The first-order valence-electron chi connectivity index (χ1n) is 3.71. The zero-order chi connectivity index (χ0) is 8.10. The Morgan fingerprint density at radius 2 is 2.27 bits per heavy atom. The van der Waals surface area contributed by atoms with Gasteiger partial charge in [-0.25, -0.2) is 0 Å². The average Bonchev–Trinajstić information content (AvgIpc) is 2.06. The molecule has 60 valence electrons. The van der Waals surface area contributed by atoms with Crippen molar-refractivity contribution in [2.45, 2.75) is 6.42 Å². The van der Waals surface area contributed by atoms with Gasteiger partial charge in [0.2, 0.25) is 0 Å². The van der Waals surface area contributed by atoms with Crippen LogP contribution >= 0.6 is 11.8 Å². The molecule has 1 nitrogen and oxygen atoms in total. The van der Waals surface area contributed by atoms with Gasteiger partial charge in [-0.15, -0.1) is 11.8 Å². The molecule has 0 saturated carbocycles. The van der Waals surface area contributed by atoms with Gasteiger partial charge in [0.15, 0.2) is 0 Å². The molecule has 2 heteroatoms. The number of nitrogens with one attached hydrogen (secondary N) is 1. The van der Waals surface area contributed by atoms with E-state index >= 15 is 0 Å². The maximum Gasteiger partial charge on any atom is 0.0271 e. The molecule has 1 aliphatic heterocycles. The first-order valence-corrected chi connectivity index (χ1v) is 4.59. The normalized spacial score (nSPS) is 18.2. The molecular weight excluding hydrogens is 154 g/mol. The topological polar surface area (TPSA) is 12.0 Å². The maximum absolute atomic E-state index is 3.78. The van der Waals surface area contributed by atoms with Crippen LogP contribution < -0.4 is 5.32 Å². The van der Waals surface area contributed by atoms with Crippen LogP contribution in [0.4, 0.5) is 0 Å². The van der Waals surface area contributed by atoms with Crippen molar-refractivity contribution >= 4 is 11.8 Å². The third-order valence-electron chi connectivity index (χ3n) is 1.69. The second-order valence-corrected chi connectivity index (χ2v) is 3.43. The van der Waals surface area contributed by atoms with Crippen molar-refractivity contribution in [2.75, 3.05) is 13.1 Å². The predicted molar refractivity (Wildman–Crippen MR) is 52.5 cm³/mol. The van der Waals surface area contributed by atoms with Crippen LogP contribution in [-0.4, -0.2) is 13.1 Å². The second kappa shape index (κ2) is 4.42. The quantitative estimate of drug-likeness (QED) is 0.692.